The number of nitrogens with one attached hydrogen (secondary N) is 2. The van der Waals surface area contributed by atoms with Crippen molar-refractivity contribution in [1.29, 1.82) is 0 Å². The van der Waals surface area contributed by atoms with Gasteiger partial charge in [0.15, 0.2) is 6.29 Å². The van der Waals surface area contributed by atoms with E-state index in [-0.39, 0.29) is 37.7 Å². The zero-order valence-electron chi connectivity index (χ0n) is 14.4. The third-order valence-electron chi connectivity index (χ3n) is 3.94. The maximum absolute atomic E-state index is 12.4. The zero-order chi connectivity index (χ0) is 18.2. The minimum absolute atomic E-state index is 0.121. The summed E-state index contributed by atoms with van der Waals surface area (Å²) in [4.78, 5) is 37.4. The summed E-state index contributed by atoms with van der Waals surface area (Å²) in [5, 5.41) is 5.28. The van der Waals surface area contributed by atoms with Crippen molar-refractivity contribution in [3.8, 4) is 0 Å². The summed E-state index contributed by atoms with van der Waals surface area (Å²) in [6.07, 6.45) is -0.152. The monoisotopic (exact) mass is 349 g/mol. The average molecular weight is 349 g/mol. The lowest BCUT2D eigenvalue weighted by atomic mass is 10.1. The molecule has 2 rings (SSSR count). The van der Waals surface area contributed by atoms with Crippen molar-refractivity contribution in [2.45, 2.75) is 31.7 Å². The van der Waals surface area contributed by atoms with E-state index in [2.05, 4.69) is 10.6 Å². The average Bonchev–Trinajstić information content (AvgIpc) is 2.89. The molecule has 0 radical (unpaired) electrons. The predicted octanol–water partition coefficient (Wildman–Crippen LogP) is 0.622. The first-order valence-corrected chi connectivity index (χ1v) is 8.03. The minimum Gasteiger partial charge on any atom is -0.354 e. The first-order valence-electron chi connectivity index (χ1n) is 8.03. The highest BCUT2D eigenvalue weighted by Gasteiger charge is 2.37. The number of methoxy groups -OCH3 is 2. The molecule has 4 amide bonds. The van der Waals surface area contributed by atoms with Crippen molar-refractivity contribution >= 4 is 17.8 Å². The standard InChI is InChI=1S/C17H23N3O5/c1-24-15(25-2)10-18-14(21)9-8-13-16(22)20(17(23)19-13)11-12-6-4-3-5-7-12/h3-7,13,15H,8-11H2,1-2H3,(H,18,21)(H,19,23)/t13-/m0/s1. The van der Waals surface area contributed by atoms with Crippen LogP contribution in [0.15, 0.2) is 30.3 Å². The van der Waals surface area contributed by atoms with Crippen LogP contribution in [-0.4, -0.2) is 55.8 Å². The van der Waals surface area contributed by atoms with Crippen molar-refractivity contribution in [2.24, 2.45) is 0 Å². The summed E-state index contributed by atoms with van der Waals surface area (Å²) in [5.74, 6) is -0.545. The molecule has 0 bridgehead atoms. The Morgan fingerprint density at radius 1 is 1.24 bits per heavy atom. The molecule has 25 heavy (non-hydrogen) atoms. The Hall–Kier alpha value is -2.45. The third-order valence-corrected chi connectivity index (χ3v) is 3.94. The van der Waals surface area contributed by atoms with Crippen LogP contribution in [0.1, 0.15) is 18.4 Å². The van der Waals surface area contributed by atoms with Gasteiger partial charge < -0.3 is 20.1 Å². The number of carbonyl (C=O) groups is 3. The number of ether oxygens (including phenoxy) is 2. The molecule has 8 nitrogen and oxygen atoms in total. The summed E-state index contributed by atoms with van der Waals surface area (Å²) in [6.45, 7) is 0.439. The van der Waals surface area contributed by atoms with Crippen LogP contribution in [-0.2, 0) is 25.6 Å². The fraction of sp³-hybridized carbons (Fsp3) is 0.471. The number of benzene rings is 1. The first kappa shape index (κ1) is 18.9. The molecule has 0 spiro atoms. The van der Waals surface area contributed by atoms with Gasteiger partial charge in [-0.25, -0.2) is 4.79 Å². The lowest BCUT2D eigenvalue weighted by Gasteiger charge is -2.15. The van der Waals surface area contributed by atoms with Crippen LogP contribution >= 0.6 is 0 Å². The van der Waals surface area contributed by atoms with E-state index >= 15 is 0 Å². The van der Waals surface area contributed by atoms with Gasteiger partial charge in [0.1, 0.15) is 6.04 Å². The van der Waals surface area contributed by atoms with Gasteiger partial charge >= 0.3 is 6.03 Å². The van der Waals surface area contributed by atoms with Crippen molar-refractivity contribution in [3.63, 3.8) is 0 Å². The van der Waals surface area contributed by atoms with E-state index in [1.54, 1.807) is 0 Å². The highest BCUT2D eigenvalue weighted by molar-refractivity contribution is 6.04. The normalized spacial score (nSPS) is 17.1. The SMILES string of the molecule is COC(CNC(=O)CC[C@@H]1NC(=O)N(Cc2ccccc2)C1=O)OC. The number of nitrogens with zero attached hydrogens (tertiary/aromatic N) is 1. The number of amides is 4. The Bertz CT molecular complexity index is 604. The molecule has 1 heterocycles. The maximum Gasteiger partial charge on any atom is 0.325 e. The van der Waals surface area contributed by atoms with Gasteiger partial charge in [-0.1, -0.05) is 30.3 Å². The van der Waals surface area contributed by atoms with E-state index in [0.29, 0.717) is 0 Å². The molecular weight excluding hydrogens is 326 g/mol. The topological polar surface area (TPSA) is 97.0 Å². The first-order chi connectivity index (χ1) is 12.0. The van der Waals surface area contributed by atoms with Gasteiger partial charge in [0.2, 0.25) is 5.91 Å². The van der Waals surface area contributed by atoms with Gasteiger partial charge in [-0.05, 0) is 12.0 Å². The number of carbonyl (C=O) groups excluding carboxylic acids is 3. The fourth-order valence-electron chi connectivity index (χ4n) is 2.51. The van der Waals surface area contributed by atoms with Crippen LogP contribution in [0.5, 0.6) is 0 Å². The second-order valence-electron chi connectivity index (χ2n) is 5.66. The molecule has 136 valence electrons. The predicted molar refractivity (Wildman–Crippen MR) is 89.4 cm³/mol. The molecule has 1 aromatic carbocycles. The van der Waals surface area contributed by atoms with Crippen molar-refractivity contribution < 1.29 is 23.9 Å². The van der Waals surface area contributed by atoms with Gasteiger partial charge in [-0.2, -0.15) is 0 Å². The molecule has 1 aliphatic rings. The number of urea groups is 1. The smallest absolute Gasteiger partial charge is 0.325 e. The van der Waals surface area contributed by atoms with Crippen LogP contribution in [0.2, 0.25) is 0 Å². The van der Waals surface area contributed by atoms with Crippen LogP contribution in [0.4, 0.5) is 4.79 Å². The summed E-state index contributed by atoms with van der Waals surface area (Å²) in [7, 11) is 2.96. The van der Waals surface area contributed by atoms with Crippen LogP contribution in [0.25, 0.3) is 0 Å². The Labute approximate surface area is 146 Å². The van der Waals surface area contributed by atoms with E-state index in [4.69, 9.17) is 9.47 Å². The number of hydrogen-bond acceptors (Lipinski definition) is 5. The van der Waals surface area contributed by atoms with E-state index in [9.17, 15) is 14.4 Å². The lowest BCUT2D eigenvalue weighted by molar-refractivity contribution is -0.129. The van der Waals surface area contributed by atoms with E-state index < -0.39 is 18.4 Å². The molecule has 1 saturated heterocycles. The van der Waals surface area contributed by atoms with Gasteiger partial charge in [0.05, 0.1) is 13.1 Å². The molecule has 8 heteroatoms. The van der Waals surface area contributed by atoms with Crippen molar-refractivity contribution in [3.05, 3.63) is 35.9 Å². The maximum atomic E-state index is 12.4. The molecule has 0 saturated carbocycles. The highest BCUT2D eigenvalue weighted by Crippen LogP contribution is 2.15. The fourth-order valence-corrected chi connectivity index (χ4v) is 2.51. The summed E-state index contributed by atoms with van der Waals surface area (Å²) in [6, 6.07) is 8.16. The Morgan fingerprint density at radius 2 is 1.92 bits per heavy atom. The van der Waals surface area contributed by atoms with Gasteiger partial charge in [-0.15, -0.1) is 0 Å². The molecule has 1 atom stereocenters. The van der Waals surface area contributed by atoms with E-state index in [1.807, 2.05) is 30.3 Å². The number of rotatable bonds is 9. The summed E-state index contributed by atoms with van der Waals surface area (Å²) in [5.41, 5.74) is 0.870. The van der Waals surface area contributed by atoms with Crippen molar-refractivity contribution in [1.82, 2.24) is 15.5 Å². The lowest BCUT2D eigenvalue weighted by Crippen LogP contribution is -2.36. The largest absolute Gasteiger partial charge is 0.354 e. The highest BCUT2D eigenvalue weighted by atomic mass is 16.7. The van der Waals surface area contributed by atoms with Crippen molar-refractivity contribution in [2.75, 3.05) is 20.8 Å². The van der Waals surface area contributed by atoms with Crippen LogP contribution < -0.4 is 10.6 Å². The number of hydrogen-bond donors (Lipinski definition) is 2. The van der Waals surface area contributed by atoms with E-state index in [1.165, 1.54) is 19.1 Å². The molecule has 0 aromatic heterocycles. The molecular formula is C17H23N3O5. The second-order valence-corrected chi connectivity index (χ2v) is 5.66. The second kappa shape index (κ2) is 9.14. The summed E-state index contributed by atoms with van der Waals surface area (Å²) < 4.78 is 9.95. The molecule has 1 aliphatic heterocycles. The summed E-state index contributed by atoms with van der Waals surface area (Å²) >= 11 is 0. The zero-order valence-corrected chi connectivity index (χ0v) is 14.4. The molecule has 2 N–H and O–H groups in total. The molecule has 1 aromatic rings. The Kier molecular flexibility index (Phi) is 6.91. The molecule has 0 aliphatic carbocycles. The van der Waals surface area contributed by atoms with Gasteiger partial charge in [0, 0.05) is 20.6 Å². The molecule has 0 unspecified atom stereocenters. The Balaban J connectivity index is 1.80. The number of imide groups is 1. The van der Waals surface area contributed by atoms with Gasteiger partial charge in [0.25, 0.3) is 5.91 Å². The molecule has 1 fully saturated rings. The third kappa shape index (κ3) is 5.27. The Morgan fingerprint density at radius 3 is 2.56 bits per heavy atom. The van der Waals surface area contributed by atoms with Crippen LogP contribution in [0, 0.1) is 0 Å². The van der Waals surface area contributed by atoms with Crippen LogP contribution in [0.3, 0.4) is 0 Å². The quantitative estimate of drug-likeness (QED) is 0.503. The van der Waals surface area contributed by atoms with Gasteiger partial charge in [-0.3, -0.25) is 14.5 Å². The van der Waals surface area contributed by atoms with E-state index in [0.717, 1.165) is 5.56 Å². The minimum atomic E-state index is -0.678.